The number of carboxylic acid groups (broad SMARTS) is 3. The molecule has 43 heteroatoms. The molecule has 3 aromatic carbocycles. The Balaban J connectivity index is 1.10. The highest BCUT2D eigenvalue weighted by atomic mass is 32.2. The number of primary amides is 1. The summed E-state index contributed by atoms with van der Waals surface area (Å²) < 4.78 is 0. The van der Waals surface area contributed by atoms with Gasteiger partial charge in [-0.05, 0) is 112 Å². The monoisotopic (exact) mass is 1880 g/mol. The summed E-state index contributed by atoms with van der Waals surface area (Å²) in [6.07, 6.45) is -3.01. The van der Waals surface area contributed by atoms with Gasteiger partial charge in [0.15, 0.2) is 11.6 Å². The molecule has 4 saturated heterocycles. The lowest BCUT2D eigenvalue weighted by molar-refractivity contribution is -0.149. The number of aliphatic hydroxyl groups is 1. The zero-order chi connectivity index (χ0) is 97.7. The molecule has 21 N–H and O–H groups in total. The number of hydrogen-bond donors (Lipinski definition) is 18. The van der Waals surface area contributed by atoms with Gasteiger partial charge >= 0.3 is 17.9 Å². The van der Waals surface area contributed by atoms with E-state index in [1.807, 2.05) is 6.92 Å². The number of para-hydroxylation sites is 2. The number of phenols is 1. The number of phenolic OH excluding ortho intramolecular Hbond substituents is 1. The number of aromatic amines is 2. The number of piperidine rings is 1. The average Bonchev–Trinajstić information content (AvgIpc) is 1.57. The minimum atomic E-state index is -1.91. The number of carbonyl (C=O) groups is 19. The van der Waals surface area contributed by atoms with Gasteiger partial charge in [-0.15, -0.1) is 0 Å². The lowest BCUT2D eigenvalue weighted by Gasteiger charge is -2.38. The Morgan fingerprint density at radius 3 is 1.61 bits per heavy atom. The highest BCUT2D eigenvalue weighted by molar-refractivity contribution is 7.99. The van der Waals surface area contributed by atoms with Crippen molar-refractivity contribution >= 4 is 146 Å². The number of benzene rings is 3. The Hall–Kier alpha value is -12.9. The van der Waals surface area contributed by atoms with Gasteiger partial charge in [-0.1, -0.05) is 88.1 Å². The second-order valence-corrected chi connectivity index (χ2v) is 35.6. The number of unbranched alkanes of at least 4 members (excludes halogenated alkanes) is 2. The first-order valence-electron chi connectivity index (χ1n) is 45.3. The number of carbonyl (C=O) groups excluding carboxylic acids is 16. The van der Waals surface area contributed by atoms with Crippen LogP contribution in [0, 0.1) is 11.8 Å². The molecule has 2 aromatic heterocycles. The number of hydrogen-bond acceptors (Lipinski definition) is 24. The number of ketones is 2. The normalized spacial score (nSPS) is 25.4. The summed E-state index contributed by atoms with van der Waals surface area (Å²) in [4.78, 5) is 286. The fraction of sp³-hybridized carbons (Fsp3) is 0.549. The zero-order valence-corrected chi connectivity index (χ0v) is 76.3. The van der Waals surface area contributed by atoms with E-state index in [-0.39, 0.29) is 89.6 Å². The molecular formula is C91H124N18O24S. The van der Waals surface area contributed by atoms with Gasteiger partial charge in [0.25, 0.3) is 0 Å². The lowest BCUT2D eigenvalue weighted by Crippen LogP contribution is -2.61. The minimum Gasteiger partial charge on any atom is -0.508 e. The molecule has 42 nitrogen and oxygen atoms in total. The van der Waals surface area contributed by atoms with Crippen LogP contribution in [0.1, 0.15) is 159 Å². The molecule has 5 aromatic rings. The van der Waals surface area contributed by atoms with Gasteiger partial charge in [-0.2, -0.15) is 11.8 Å². The van der Waals surface area contributed by atoms with Crippen molar-refractivity contribution in [1.29, 1.82) is 0 Å². The molecule has 14 amide bonds. The SMILES string of the molecule is CCCC[C@H]1C(=O)N(C)[C@@H](CCCC)C(=O)N[C@@H](CCC(=O)O)C(=O)C[C@H](C(=O)NCC(N)=O)CSCC(=O)N[C@@H](Cc2ccc(O)cc2)C(=O)N2CCCC[C@H]2C(=O)N[C@@H](CC(=O)O)C(=O)N2CCC[C@H]2C(=O)N[C@@H](CN)C(=O)C[C@@H](CCC(=O)O)C(=O)N2C[C@H](O)C[C@H]2C(=O)N[C@@H](Cc2c[nH]c3ccccc23)C(=O)N[C@@H](CCN)C(=O)N[C@@H](Cc2c[nH]c3ccccc23)C(=O)N1C. The number of nitrogens with two attached hydrogens (primary N) is 3. The van der Waals surface area contributed by atoms with Gasteiger partial charge in [0.1, 0.15) is 66.2 Å². The summed E-state index contributed by atoms with van der Waals surface area (Å²) in [6, 6.07) is 0.596. The third-order valence-electron chi connectivity index (χ3n) is 24.8. The van der Waals surface area contributed by atoms with Crippen LogP contribution in [0.25, 0.3) is 21.8 Å². The Kier molecular flexibility index (Phi) is 39.3. The molecule has 728 valence electrons. The molecule has 0 radical (unpaired) electrons. The number of Topliss-reactive ketones (excluding diaryl/α,β-unsaturated/α-hetero) is 2. The van der Waals surface area contributed by atoms with Crippen molar-refractivity contribution in [3.05, 3.63) is 102 Å². The van der Waals surface area contributed by atoms with E-state index in [2.05, 4.69) is 52.5 Å². The molecule has 0 saturated carbocycles. The molecule has 9 rings (SSSR count). The first-order valence-corrected chi connectivity index (χ1v) is 46.5. The smallest absolute Gasteiger partial charge is 0.305 e. The number of likely N-dealkylation sites (N-methyl/N-ethyl adjacent to an activating group) is 2. The van der Waals surface area contributed by atoms with Crippen LogP contribution in [-0.2, 0) is 110 Å². The largest absolute Gasteiger partial charge is 0.508 e. The van der Waals surface area contributed by atoms with E-state index in [9.17, 15) is 78.3 Å². The zero-order valence-electron chi connectivity index (χ0n) is 75.5. The number of amides is 14. The Morgan fingerprint density at radius 1 is 0.500 bits per heavy atom. The van der Waals surface area contributed by atoms with Crippen molar-refractivity contribution in [2.24, 2.45) is 29.0 Å². The molecule has 0 spiro atoms. The predicted octanol–water partition coefficient (Wildman–Crippen LogP) is -0.845. The van der Waals surface area contributed by atoms with Crippen LogP contribution in [0.5, 0.6) is 5.75 Å². The Morgan fingerprint density at radius 2 is 1.01 bits per heavy atom. The van der Waals surface area contributed by atoms with Crippen LogP contribution >= 0.6 is 11.8 Å². The molecule has 6 heterocycles. The molecule has 4 fully saturated rings. The summed E-state index contributed by atoms with van der Waals surface area (Å²) in [5.41, 5.74) is 20.5. The van der Waals surface area contributed by atoms with Crippen molar-refractivity contribution in [1.82, 2.24) is 77.0 Å². The molecule has 0 aliphatic carbocycles. The van der Waals surface area contributed by atoms with E-state index < -0.39 is 285 Å². The number of nitrogens with one attached hydrogen (secondary N) is 10. The fourth-order valence-electron chi connectivity index (χ4n) is 17.5. The number of nitrogens with zero attached hydrogens (tertiary/aromatic N) is 5. The van der Waals surface area contributed by atoms with Crippen LogP contribution in [0.3, 0.4) is 0 Å². The Labute approximate surface area is 777 Å². The molecule has 4 aliphatic rings. The number of fused-ring (bicyclic) bond motifs is 5. The topological polar surface area (TPSA) is 648 Å². The lowest BCUT2D eigenvalue weighted by atomic mass is 9.92. The van der Waals surface area contributed by atoms with Gasteiger partial charge in [0, 0.05) is 138 Å². The van der Waals surface area contributed by atoms with Gasteiger partial charge in [-0.25, -0.2) is 0 Å². The molecular weight excluding hydrogens is 1760 g/mol. The first kappa shape index (κ1) is 105. The second-order valence-electron chi connectivity index (χ2n) is 34.5. The van der Waals surface area contributed by atoms with Crippen molar-refractivity contribution in [2.75, 3.05) is 64.9 Å². The maximum absolute atomic E-state index is 15.8. The number of thioether (sulfide) groups is 1. The number of rotatable bonds is 26. The van der Waals surface area contributed by atoms with Crippen molar-refractivity contribution in [3.8, 4) is 5.75 Å². The fourth-order valence-corrected chi connectivity index (χ4v) is 18.5. The van der Waals surface area contributed by atoms with E-state index in [1.54, 1.807) is 67.8 Å². The van der Waals surface area contributed by atoms with Gasteiger partial charge in [-0.3, -0.25) is 91.1 Å². The summed E-state index contributed by atoms with van der Waals surface area (Å²) in [6.45, 7) is 1.13. The molecule has 15 atom stereocenters. The van der Waals surface area contributed by atoms with Crippen LogP contribution in [-0.4, -0.2) is 316 Å². The Bertz CT molecular complexity index is 5090. The van der Waals surface area contributed by atoms with E-state index in [0.717, 1.165) is 36.3 Å². The highest BCUT2D eigenvalue weighted by Crippen LogP contribution is 2.31. The predicted molar refractivity (Wildman–Crippen MR) is 486 cm³/mol. The minimum absolute atomic E-state index is 0.0281. The maximum Gasteiger partial charge on any atom is 0.305 e. The van der Waals surface area contributed by atoms with E-state index in [0.29, 0.717) is 70.6 Å². The van der Waals surface area contributed by atoms with E-state index in [1.165, 1.54) is 38.4 Å². The highest BCUT2D eigenvalue weighted by Gasteiger charge is 2.47. The van der Waals surface area contributed by atoms with Crippen LogP contribution in [0.15, 0.2) is 85.2 Å². The number of aliphatic carboxylic acids is 3. The van der Waals surface area contributed by atoms with Crippen molar-refractivity contribution in [2.45, 2.75) is 240 Å². The molecule has 0 bridgehead atoms. The van der Waals surface area contributed by atoms with Gasteiger partial charge in [0.2, 0.25) is 82.7 Å². The molecule has 134 heavy (non-hydrogen) atoms. The number of aromatic hydroxyl groups is 1. The maximum atomic E-state index is 15.8. The van der Waals surface area contributed by atoms with Crippen molar-refractivity contribution < 1.29 is 117 Å². The summed E-state index contributed by atoms with van der Waals surface area (Å²) in [7, 11) is 2.64. The quantitative estimate of drug-likeness (QED) is 0.0321. The second kappa shape index (κ2) is 50.3. The van der Waals surface area contributed by atoms with Crippen LogP contribution in [0.4, 0.5) is 0 Å². The van der Waals surface area contributed by atoms with Gasteiger partial charge < -0.3 is 120 Å². The molecule has 4 aliphatic heterocycles. The molecule has 0 unspecified atom stereocenters. The summed E-state index contributed by atoms with van der Waals surface area (Å²) in [5, 5.41) is 74.2. The van der Waals surface area contributed by atoms with Gasteiger partial charge in [0.05, 0.1) is 42.8 Å². The van der Waals surface area contributed by atoms with Crippen LogP contribution < -0.4 is 59.7 Å². The first-order chi connectivity index (χ1) is 63.9. The third kappa shape index (κ3) is 28.8. The third-order valence-corrected chi connectivity index (χ3v) is 25.9. The van der Waals surface area contributed by atoms with Crippen molar-refractivity contribution in [3.63, 3.8) is 0 Å². The standard InChI is InChI=1S/C91H124N18O24S/c1-5-7-20-68-83(125)99-61(29-31-78(118)119)73(112)40-54(80(122)97-46-75(94)114)48-134-49-76(115)98-64(36-50-24-27-55(110)28-25-50)89(131)107-34-14-13-22-69(107)84(126)103-66(42-79(120)121)90(132)108-35-15-23-70(108)85(127)104-67(43-93)74(113)39-51(26-30-77(116)117)87(129)109-47-56(111)41-72(109)86(128)101-63(37-52-44-95-59-18-11-9-16-57(52)59)82(124)100-62(32-33-92)81(123)102-65(38-53-45-96-60-19-12-10-17-58(53)60)88(130)106(4)71(21-8-6-2)91(133)105(68)3/h9-12,16-19,24-25,27-28,44-45,51,54,56,61-72,95-96,110-111H,5-8,13-15,20-23,26,29-43,46-49,92-93H2,1-4H3,(H2,94,114)(H,97,122)(H,98,115)(H,99,125)(H,100,124)(H,101,128)(H,102,123)(H,103,126)(H,104,127)(H,116,117)(H,118,119)(H,120,121)/t51-,54+,56-,61+,62+,63+,64+,65+,66+,67+,68+,69+,70+,71+,72+/m1/s1. The average molecular weight is 1890 g/mol. The summed E-state index contributed by atoms with van der Waals surface area (Å²) in [5.74, 6) is -23.7. The number of aromatic nitrogens is 2. The number of aliphatic hydroxyl groups excluding tert-OH is 1. The summed E-state index contributed by atoms with van der Waals surface area (Å²) >= 11 is 0.773. The van der Waals surface area contributed by atoms with Crippen LogP contribution in [0.2, 0.25) is 0 Å². The van der Waals surface area contributed by atoms with E-state index >= 15 is 38.4 Å². The number of H-pyrrole nitrogens is 2. The van der Waals surface area contributed by atoms with E-state index in [4.69, 9.17) is 17.2 Å². The number of carboxylic acids is 3.